The predicted molar refractivity (Wildman–Crippen MR) is 114 cm³/mol. The number of hydrogen-bond donors (Lipinski definition) is 1. The molecule has 1 fully saturated rings. The highest BCUT2D eigenvalue weighted by Gasteiger charge is 2.28. The van der Waals surface area contributed by atoms with Gasteiger partial charge in [-0.05, 0) is 18.4 Å². The third-order valence-corrected chi connectivity index (χ3v) is 5.75. The molecule has 0 bridgehead atoms. The van der Waals surface area contributed by atoms with Crippen molar-refractivity contribution in [2.75, 3.05) is 25.1 Å². The van der Waals surface area contributed by atoms with Gasteiger partial charge in [-0.2, -0.15) is 5.10 Å². The van der Waals surface area contributed by atoms with Crippen LogP contribution in [0.15, 0.2) is 40.1 Å². The summed E-state index contributed by atoms with van der Waals surface area (Å²) >= 11 is 0. The topological polar surface area (TPSA) is 78.2 Å². The molecular formula is C22H22F4N4O3. The van der Waals surface area contributed by atoms with Crippen molar-refractivity contribution in [3.05, 3.63) is 68.1 Å². The largest absolute Gasteiger partial charge is 0.378 e. The number of aromatic nitrogens is 3. The van der Waals surface area contributed by atoms with Crippen molar-refractivity contribution in [1.29, 1.82) is 0 Å². The first-order chi connectivity index (χ1) is 15.8. The molecule has 1 N–H and O–H groups in total. The van der Waals surface area contributed by atoms with Gasteiger partial charge in [-0.1, -0.05) is 18.2 Å². The van der Waals surface area contributed by atoms with Gasteiger partial charge >= 0.3 is 0 Å². The highest BCUT2D eigenvalue weighted by Crippen LogP contribution is 2.26. The van der Waals surface area contributed by atoms with E-state index in [2.05, 4.69) is 10.4 Å². The number of alkyl halides is 3. The van der Waals surface area contributed by atoms with Crippen LogP contribution < -0.4 is 16.4 Å². The molecule has 11 heteroatoms. The minimum absolute atomic E-state index is 0.0740. The van der Waals surface area contributed by atoms with Crippen LogP contribution in [-0.4, -0.2) is 40.3 Å². The second-order valence-corrected chi connectivity index (χ2v) is 7.87. The Hall–Kier alpha value is -3.21. The Labute approximate surface area is 185 Å². The zero-order valence-corrected chi connectivity index (χ0v) is 17.7. The molecule has 0 amide bonds. The number of anilines is 1. The average molecular weight is 466 g/mol. The summed E-state index contributed by atoms with van der Waals surface area (Å²) in [7, 11) is 1.42. The highest BCUT2D eigenvalue weighted by molar-refractivity contribution is 5.90. The summed E-state index contributed by atoms with van der Waals surface area (Å²) in [4.78, 5) is 25.2. The Bertz CT molecular complexity index is 1290. The van der Waals surface area contributed by atoms with Crippen LogP contribution in [0.4, 0.5) is 23.4 Å². The van der Waals surface area contributed by atoms with Crippen molar-refractivity contribution in [3.63, 3.8) is 0 Å². The van der Waals surface area contributed by atoms with Gasteiger partial charge in [-0.15, -0.1) is 0 Å². The maximum Gasteiger partial charge on any atom is 0.274 e. The number of fused-ring (bicyclic) bond motifs is 1. The van der Waals surface area contributed by atoms with E-state index in [-0.39, 0.29) is 36.3 Å². The van der Waals surface area contributed by atoms with E-state index in [0.717, 1.165) is 16.8 Å². The Kier molecular flexibility index (Phi) is 6.50. The Balaban J connectivity index is 1.67. The Morgan fingerprint density at radius 3 is 2.79 bits per heavy atom. The summed E-state index contributed by atoms with van der Waals surface area (Å²) < 4.78 is 62.0. The molecule has 2 aromatic heterocycles. The molecule has 2 atom stereocenters. The van der Waals surface area contributed by atoms with E-state index >= 15 is 0 Å². The summed E-state index contributed by atoms with van der Waals surface area (Å²) in [5.74, 6) is -0.733. The molecule has 0 saturated carbocycles. The van der Waals surface area contributed by atoms with Gasteiger partial charge < -0.3 is 14.6 Å². The summed E-state index contributed by atoms with van der Waals surface area (Å²) in [6.45, 7) is 0.295. The highest BCUT2D eigenvalue weighted by atomic mass is 19.3. The lowest BCUT2D eigenvalue weighted by atomic mass is 10.1. The number of nitrogens with zero attached hydrogens (tertiary/aromatic N) is 3. The van der Waals surface area contributed by atoms with Crippen LogP contribution in [0.3, 0.4) is 0 Å². The lowest BCUT2D eigenvalue weighted by Gasteiger charge is -2.28. The number of nitrogens with one attached hydrogen (secondary N) is 1. The molecule has 1 saturated heterocycles. The van der Waals surface area contributed by atoms with Crippen molar-refractivity contribution >= 4 is 16.6 Å². The van der Waals surface area contributed by atoms with Gasteiger partial charge in [0.05, 0.1) is 23.6 Å². The number of rotatable bonds is 6. The van der Waals surface area contributed by atoms with Crippen LogP contribution in [0.1, 0.15) is 30.0 Å². The molecule has 1 aliphatic heterocycles. The SMILES string of the molecule is Cn1nc(NCCc2cccc(C(F)F)c2F)c2cn([C@H]3CCOC[C@@H]3F)c(=O)cc2c1=O. The zero-order valence-electron chi connectivity index (χ0n) is 17.7. The fourth-order valence-corrected chi connectivity index (χ4v) is 4.01. The zero-order chi connectivity index (χ0) is 23.7. The van der Waals surface area contributed by atoms with Crippen molar-refractivity contribution in [3.8, 4) is 0 Å². The van der Waals surface area contributed by atoms with Crippen molar-refractivity contribution in [2.45, 2.75) is 31.5 Å². The van der Waals surface area contributed by atoms with E-state index in [0.29, 0.717) is 18.4 Å². The number of aryl methyl sites for hydroxylation is 1. The van der Waals surface area contributed by atoms with Crippen molar-refractivity contribution in [1.82, 2.24) is 14.3 Å². The first-order valence-corrected chi connectivity index (χ1v) is 10.4. The number of ether oxygens (including phenoxy) is 1. The lowest BCUT2D eigenvalue weighted by Crippen LogP contribution is -2.37. The van der Waals surface area contributed by atoms with Crippen LogP contribution in [0.2, 0.25) is 0 Å². The minimum atomic E-state index is -2.92. The predicted octanol–water partition coefficient (Wildman–Crippen LogP) is 3.13. The third kappa shape index (κ3) is 4.50. The minimum Gasteiger partial charge on any atom is -0.378 e. The lowest BCUT2D eigenvalue weighted by molar-refractivity contribution is 0.00247. The monoisotopic (exact) mass is 466 g/mol. The normalized spacial score (nSPS) is 18.7. The van der Waals surface area contributed by atoms with E-state index in [4.69, 9.17) is 4.74 Å². The number of hydrogen-bond acceptors (Lipinski definition) is 5. The van der Waals surface area contributed by atoms with Gasteiger partial charge in [0.15, 0.2) is 5.82 Å². The molecule has 0 aliphatic carbocycles. The fourth-order valence-electron chi connectivity index (χ4n) is 4.01. The molecule has 1 aromatic carbocycles. The number of benzene rings is 1. The summed E-state index contributed by atoms with van der Waals surface area (Å²) in [6.07, 6.45) is -2.53. The summed E-state index contributed by atoms with van der Waals surface area (Å²) in [6, 6.07) is 4.23. The molecule has 4 rings (SSSR count). The third-order valence-electron chi connectivity index (χ3n) is 5.75. The maximum absolute atomic E-state index is 14.4. The van der Waals surface area contributed by atoms with Gasteiger partial charge in [-0.3, -0.25) is 9.59 Å². The van der Waals surface area contributed by atoms with Gasteiger partial charge in [0.2, 0.25) is 0 Å². The van der Waals surface area contributed by atoms with E-state index in [1.165, 1.54) is 29.9 Å². The maximum atomic E-state index is 14.4. The molecule has 33 heavy (non-hydrogen) atoms. The smallest absolute Gasteiger partial charge is 0.274 e. The molecule has 0 radical (unpaired) electrons. The fraction of sp³-hybridized carbons (Fsp3) is 0.409. The summed E-state index contributed by atoms with van der Waals surface area (Å²) in [5.41, 5.74) is -1.58. The molecule has 0 unspecified atom stereocenters. The van der Waals surface area contributed by atoms with Gasteiger partial charge in [0.25, 0.3) is 17.5 Å². The number of pyridine rings is 1. The number of halogens is 4. The van der Waals surface area contributed by atoms with Crippen LogP contribution >= 0.6 is 0 Å². The molecule has 1 aliphatic rings. The second kappa shape index (κ2) is 9.34. The van der Waals surface area contributed by atoms with E-state index in [1.807, 2.05) is 0 Å². The van der Waals surface area contributed by atoms with E-state index in [9.17, 15) is 27.2 Å². The molecule has 3 heterocycles. The first kappa shape index (κ1) is 23.0. The van der Waals surface area contributed by atoms with Crippen LogP contribution in [-0.2, 0) is 18.2 Å². The molecule has 3 aromatic rings. The van der Waals surface area contributed by atoms with Crippen molar-refractivity contribution < 1.29 is 22.3 Å². The molecule has 176 valence electrons. The standard InChI is InChI=1S/C22H22F4N4O3/c1-29-22(32)14-9-18(31)30(17-6-8-33-11-16(17)23)10-15(14)21(28-29)27-7-5-12-3-2-4-13(19(12)24)20(25)26/h2-4,9-10,16-17,20H,5-8,11H2,1H3,(H,27,28)/t16-,17-/m0/s1. The quantitative estimate of drug-likeness (QED) is 0.565. The Morgan fingerprint density at radius 1 is 1.27 bits per heavy atom. The van der Waals surface area contributed by atoms with Gasteiger partial charge in [-0.25, -0.2) is 22.2 Å². The van der Waals surface area contributed by atoms with Gasteiger partial charge in [0.1, 0.15) is 12.0 Å². The van der Waals surface area contributed by atoms with Crippen LogP contribution in [0.5, 0.6) is 0 Å². The van der Waals surface area contributed by atoms with E-state index < -0.39 is 41.1 Å². The molecule has 0 spiro atoms. The summed E-state index contributed by atoms with van der Waals surface area (Å²) in [5, 5.41) is 7.57. The molecule has 7 nitrogen and oxygen atoms in total. The average Bonchev–Trinajstić information content (AvgIpc) is 2.78. The van der Waals surface area contributed by atoms with Gasteiger partial charge in [0, 0.05) is 37.8 Å². The Morgan fingerprint density at radius 2 is 2.06 bits per heavy atom. The van der Waals surface area contributed by atoms with Crippen molar-refractivity contribution in [2.24, 2.45) is 7.05 Å². The van der Waals surface area contributed by atoms with Crippen LogP contribution in [0.25, 0.3) is 10.8 Å². The molecular weight excluding hydrogens is 444 g/mol. The second-order valence-electron chi connectivity index (χ2n) is 7.87. The van der Waals surface area contributed by atoms with E-state index in [1.54, 1.807) is 0 Å². The van der Waals surface area contributed by atoms with Crippen LogP contribution in [0, 0.1) is 5.82 Å². The first-order valence-electron chi connectivity index (χ1n) is 10.4.